The van der Waals surface area contributed by atoms with Crippen molar-refractivity contribution < 1.29 is 54.8 Å². The fraction of sp³-hybridized carbons (Fsp3) is 0. The van der Waals surface area contributed by atoms with E-state index in [0.29, 0.717) is 0 Å². The van der Waals surface area contributed by atoms with Gasteiger partial charge in [-0.2, -0.15) is 0 Å². The maximum atomic E-state index is 0. The van der Waals surface area contributed by atoms with Gasteiger partial charge in [0.15, 0.2) is 0 Å². The molecule has 0 aromatic heterocycles. The van der Waals surface area contributed by atoms with Crippen molar-refractivity contribution in [1.29, 1.82) is 0 Å². The average molecular weight is 266 g/mol. The van der Waals surface area contributed by atoms with Crippen molar-refractivity contribution in [2.45, 2.75) is 0 Å². The Kier molecular flexibility index (Phi) is 111000. The molecule has 0 aromatic rings. The van der Waals surface area contributed by atoms with E-state index >= 15 is 0 Å². The van der Waals surface area contributed by atoms with Crippen molar-refractivity contribution in [3.05, 3.63) is 0 Å². The van der Waals surface area contributed by atoms with Gasteiger partial charge < -0.3 is 54.8 Å². The van der Waals surface area contributed by atoms with Crippen molar-refractivity contribution in [3.8, 4) is 0 Å². The van der Waals surface area contributed by atoms with Crippen LogP contribution in [0.5, 0.6) is 0 Å². The zero-order valence-corrected chi connectivity index (χ0v) is 9.08. The van der Waals surface area contributed by atoms with Crippen LogP contribution in [0, 0.1) is 0 Å². The molecule has 0 bridgehead atoms. The van der Waals surface area contributed by atoms with Crippen molar-refractivity contribution in [1.82, 2.24) is 0 Å². The number of rotatable bonds is 0. The predicted octanol–water partition coefficient (Wildman–Crippen LogP) is -7.33. The van der Waals surface area contributed by atoms with Crippen LogP contribution in [0.25, 0.3) is 0 Å². The molecule has 11 heteroatoms. The summed E-state index contributed by atoms with van der Waals surface area (Å²) in [5.41, 5.74) is 0. The van der Waals surface area contributed by atoms with Gasteiger partial charge in [-0.1, -0.05) is 0 Å². The molecule has 0 aliphatic rings. The largest absolute Gasteiger partial charge is 2.00 e. The maximum Gasteiger partial charge on any atom is 2.00 e. The molecule has 0 aliphatic carbocycles. The maximum absolute atomic E-state index is 0. The molecule has 0 atom stereocenters. The molecular weight excluding hydrogens is 248 g/mol. The van der Waals surface area contributed by atoms with Crippen LogP contribution >= 0.6 is 0 Å². The van der Waals surface area contributed by atoms with E-state index in [1.54, 1.807) is 0 Å². The average Bonchev–Trinajstić information content (AvgIpc) is 0. The summed E-state index contributed by atoms with van der Waals surface area (Å²) >= 11 is 0. The predicted molar refractivity (Wildman–Crippen MR) is 38.5 cm³/mol. The second kappa shape index (κ2) is 964. The molecule has 0 saturated heterocycles. The first-order valence-corrected chi connectivity index (χ1v) is 0. The molecule has 0 spiro atoms. The summed E-state index contributed by atoms with van der Waals surface area (Å²) in [4.78, 5) is 0. The third-order valence-corrected chi connectivity index (χ3v) is 0. The Bertz CT molecular complexity index is 4.83. The molecule has 18 N–H and O–H groups in total. The molecule has 0 heterocycles. The van der Waals surface area contributed by atoms with E-state index < -0.39 is 0 Å². The molecule has 10 nitrogen and oxygen atoms in total. The molecule has 0 saturated carbocycles. The molecule has 0 amide bonds. The molecule has 0 aromatic carbocycles. The van der Waals surface area contributed by atoms with Crippen molar-refractivity contribution in [2.24, 2.45) is 0 Å². The quantitative estimate of drug-likeness (QED) is 0.385. The topological polar surface area (TPSA) is 312 Å². The summed E-state index contributed by atoms with van der Waals surface area (Å²) in [6.07, 6.45) is 0. The Morgan fingerprint density at radius 2 is 0.273 bits per heavy atom. The van der Waals surface area contributed by atoms with Crippen LogP contribution in [0.3, 0.4) is 0 Å². The Morgan fingerprint density at radius 3 is 0.273 bits per heavy atom. The van der Waals surface area contributed by atoms with E-state index in [-0.39, 0.29) is 100 Å². The van der Waals surface area contributed by atoms with Crippen LogP contribution in [-0.4, -0.2) is 100 Å². The first-order valence-electron chi connectivity index (χ1n) is 0. The summed E-state index contributed by atoms with van der Waals surface area (Å²) in [5, 5.41) is 0. The van der Waals surface area contributed by atoms with E-state index in [2.05, 4.69) is 0 Å². The SMILES string of the molecule is O.O.O.O.O.O.O.O.[OH-].[OH-].[Sr+2]. The van der Waals surface area contributed by atoms with E-state index in [1.165, 1.54) is 0 Å². The minimum atomic E-state index is 0. The van der Waals surface area contributed by atoms with E-state index in [1.807, 2.05) is 0 Å². The molecule has 0 unspecified atom stereocenters. The third-order valence-electron chi connectivity index (χ3n) is 0. The monoisotopic (exact) mass is 266 g/mol. The summed E-state index contributed by atoms with van der Waals surface area (Å²) in [6, 6.07) is 0. The molecule has 80 valence electrons. The Morgan fingerprint density at radius 1 is 0.273 bits per heavy atom. The second-order valence-corrected chi connectivity index (χ2v) is 0. The Labute approximate surface area is 99.6 Å². The summed E-state index contributed by atoms with van der Waals surface area (Å²) in [6.45, 7) is 0. The fourth-order valence-corrected chi connectivity index (χ4v) is 0. The summed E-state index contributed by atoms with van der Waals surface area (Å²) < 4.78 is 0. The van der Waals surface area contributed by atoms with Gasteiger partial charge in [0.2, 0.25) is 0 Å². The van der Waals surface area contributed by atoms with Gasteiger partial charge in [0, 0.05) is 0 Å². The smallest absolute Gasteiger partial charge is 0.870 e. The second-order valence-electron chi connectivity index (χ2n) is 0. The van der Waals surface area contributed by atoms with Crippen LogP contribution in [0.2, 0.25) is 0 Å². The minimum absolute atomic E-state index is 0. The normalized spacial score (nSPS) is 0. The van der Waals surface area contributed by atoms with Gasteiger partial charge in [-0.15, -0.1) is 0 Å². The van der Waals surface area contributed by atoms with Crippen LogP contribution in [0.4, 0.5) is 0 Å². The van der Waals surface area contributed by atoms with Gasteiger partial charge in [0.1, 0.15) is 0 Å². The zero-order chi connectivity index (χ0) is 0. The molecule has 0 radical (unpaired) electrons. The standard InChI is InChI=1S/10H2O.Sr/h10*1H2;/q;;;;;;;;;;+2/p-2. The van der Waals surface area contributed by atoms with Gasteiger partial charge in [0.05, 0.1) is 0 Å². The van der Waals surface area contributed by atoms with Gasteiger partial charge in [-0.3, -0.25) is 0 Å². The number of hydrogen-bond acceptors (Lipinski definition) is 2. The summed E-state index contributed by atoms with van der Waals surface area (Å²) in [5.74, 6) is 0. The van der Waals surface area contributed by atoms with Crippen LogP contribution in [-0.2, 0) is 0 Å². The van der Waals surface area contributed by atoms with Gasteiger partial charge in [-0.05, 0) is 0 Å². The van der Waals surface area contributed by atoms with Crippen LogP contribution < -0.4 is 0 Å². The first kappa shape index (κ1) is 1270. The van der Waals surface area contributed by atoms with Crippen molar-refractivity contribution in [2.75, 3.05) is 0 Å². The number of hydrogen-bond donors (Lipinski definition) is 0. The zero-order valence-electron chi connectivity index (χ0n) is 5.60. The van der Waals surface area contributed by atoms with E-state index in [0.717, 1.165) is 0 Å². The van der Waals surface area contributed by atoms with Crippen LogP contribution in [0.1, 0.15) is 0 Å². The van der Waals surface area contributed by atoms with Gasteiger partial charge >= 0.3 is 45.5 Å². The van der Waals surface area contributed by atoms with E-state index in [9.17, 15) is 0 Å². The van der Waals surface area contributed by atoms with Crippen molar-refractivity contribution >= 4 is 45.5 Å². The summed E-state index contributed by atoms with van der Waals surface area (Å²) in [7, 11) is 0. The minimum Gasteiger partial charge on any atom is -0.870 e. The van der Waals surface area contributed by atoms with Gasteiger partial charge in [-0.25, -0.2) is 0 Å². The van der Waals surface area contributed by atoms with E-state index in [4.69, 9.17) is 0 Å². The molecular formula is H18O10Sr. The Balaban J connectivity index is 0. The van der Waals surface area contributed by atoms with Crippen LogP contribution in [0.15, 0.2) is 0 Å². The molecule has 0 aliphatic heterocycles. The fourth-order valence-electron chi connectivity index (χ4n) is 0. The van der Waals surface area contributed by atoms with Gasteiger partial charge in [0.25, 0.3) is 0 Å². The molecule has 0 fully saturated rings. The Hall–Kier alpha value is 1.08. The molecule has 0 rings (SSSR count). The third kappa shape index (κ3) is 783. The first-order chi connectivity index (χ1) is 0. The van der Waals surface area contributed by atoms with Crippen molar-refractivity contribution in [3.63, 3.8) is 0 Å². The molecule has 11 heavy (non-hydrogen) atoms.